The smallest absolute Gasteiger partial charge is 0.253 e. The van der Waals surface area contributed by atoms with Crippen molar-refractivity contribution in [1.82, 2.24) is 20.2 Å². The Morgan fingerprint density at radius 1 is 1.11 bits per heavy atom. The van der Waals surface area contributed by atoms with Gasteiger partial charge in [-0.15, -0.1) is 16.8 Å². The van der Waals surface area contributed by atoms with Gasteiger partial charge in [-0.3, -0.25) is 9.36 Å². The number of hydrogen-bond acceptors (Lipinski definition) is 6. The number of hydrogen-bond donors (Lipinski definition) is 1. The van der Waals surface area contributed by atoms with Crippen LogP contribution in [0.4, 0.5) is 0 Å². The lowest BCUT2D eigenvalue weighted by Gasteiger charge is -2.12. The number of nitrogens with zero attached hydrogens (tertiary/aromatic N) is 4. The van der Waals surface area contributed by atoms with E-state index in [4.69, 9.17) is 4.74 Å². The first kappa shape index (κ1) is 24.2. The quantitative estimate of drug-likeness (QED) is 0.144. The van der Waals surface area contributed by atoms with Gasteiger partial charge >= 0.3 is 0 Å². The number of para-hydroxylation sites is 1. The Hall–Kier alpha value is -3.91. The number of nitrogens with one attached hydrogen (secondary N) is 1. The summed E-state index contributed by atoms with van der Waals surface area (Å²) in [6.07, 6.45) is 1.77. The Morgan fingerprint density at radius 2 is 1.86 bits per heavy atom. The molecule has 0 unspecified atom stereocenters. The second kappa shape index (κ2) is 11.5. The molecule has 4 rings (SSSR count). The zero-order valence-electron chi connectivity index (χ0n) is 19.7. The number of amides is 1. The molecule has 0 spiro atoms. The van der Waals surface area contributed by atoms with Crippen LogP contribution in [0.3, 0.4) is 0 Å². The third-order valence-electron chi connectivity index (χ3n) is 5.37. The van der Waals surface area contributed by atoms with Gasteiger partial charge in [-0.25, -0.2) is 5.43 Å². The minimum atomic E-state index is -0.432. The minimum absolute atomic E-state index is 0.217. The Morgan fingerprint density at radius 3 is 2.63 bits per heavy atom. The van der Waals surface area contributed by atoms with Crippen LogP contribution < -0.4 is 10.2 Å². The van der Waals surface area contributed by atoms with E-state index in [1.807, 2.05) is 66.9 Å². The highest BCUT2D eigenvalue weighted by atomic mass is 32.2. The predicted octanol–water partition coefficient (Wildman–Crippen LogP) is 5.22. The van der Waals surface area contributed by atoms with Crippen LogP contribution in [0.1, 0.15) is 25.2 Å². The maximum absolute atomic E-state index is 12.7. The van der Waals surface area contributed by atoms with Crippen molar-refractivity contribution in [3.05, 3.63) is 96.8 Å². The Labute approximate surface area is 208 Å². The standard InChI is InChI=1S/C27H27N5O2S/c1-4-16-32-25(18-34-24-12-6-5-7-13-24)29-31-27(32)35-20(3)26(33)30-28-19(2)22-15-14-21-10-8-9-11-23(21)17-22/h4-15,17,20H,1,16,18H2,2-3H3,(H,30,33)/b28-19-/t20-/m1/s1. The van der Waals surface area contributed by atoms with E-state index in [2.05, 4.69) is 51.6 Å². The Balaban J connectivity index is 1.39. The highest BCUT2D eigenvalue weighted by Gasteiger charge is 2.20. The van der Waals surface area contributed by atoms with Gasteiger partial charge in [0.15, 0.2) is 11.0 Å². The fraction of sp³-hybridized carbons (Fsp3) is 0.185. The summed E-state index contributed by atoms with van der Waals surface area (Å²) in [5.74, 6) is 1.20. The van der Waals surface area contributed by atoms with Crippen molar-refractivity contribution in [2.24, 2.45) is 5.10 Å². The predicted molar refractivity (Wildman–Crippen MR) is 141 cm³/mol. The first-order valence-electron chi connectivity index (χ1n) is 11.3. The molecule has 0 saturated carbocycles. The molecule has 3 aromatic carbocycles. The molecule has 35 heavy (non-hydrogen) atoms. The van der Waals surface area contributed by atoms with Crippen LogP contribution in [0.15, 0.2) is 95.7 Å². The van der Waals surface area contributed by atoms with Gasteiger partial charge in [-0.2, -0.15) is 5.10 Å². The molecule has 4 aromatic rings. The largest absolute Gasteiger partial charge is 0.486 e. The first-order valence-corrected chi connectivity index (χ1v) is 12.1. The number of rotatable bonds is 10. The van der Waals surface area contributed by atoms with Gasteiger partial charge in [-0.05, 0) is 48.4 Å². The molecule has 1 atom stereocenters. The van der Waals surface area contributed by atoms with Crippen LogP contribution in [0.5, 0.6) is 5.75 Å². The summed E-state index contributed by atoms with van der Waals surface area (Å²) >= 11 is 1.31. The summed E-state index contributed by atoms with van der Waals surface area (Å²) in [5, 5.41) is 15.3. The number of fused-ring (bicyclic) bond motifs is 1. The molecule has 7 nitrogen and oxygen atoms in total. The molecule has 0 radical (unpaired) electrons. The highest BCUT2D eigenvalue weighted by Crippen LogP contribution is 2.23. The third-order valence-corrected chi connectivity index (χ3v) is 6.45. The molecule has 0 bridgehead atoms. The maximum Gasteiger partial charge on any atom is 0.253 e. The molecule has 8 heteroatoms. The minimum Gasteiger partial charge on any atom is -0.486 e. The summed E-state index contributed by atoms with van der Waals surface area (Å²) in [6.45, 7) is 8.29. The normalized spacial score (nSPS) is 12.3. The molecular formula is C27H27N5O2S. The average molecular weight is 486 g/mol. The van der Waals surface area contributed by atoms with E-state index in [9.17, 15) is 4.79 Å². The van der Waals surface area contributed by atoms with Crippen LogP contribution in [0.2, 0.25) is 0 Å². The molecule has 0 fully saturated rings. The van der Waals surface area contributed by atoms with Gasteiger partial charge in [0.25, 0.3) is 5.91 Å². The van der Waals surface area contributed by atoms with Crippen molar-refractivity contribution in [3.8, 4) is 5.75 Å². The Kier molecular flexibility index (Phi) is 7.95. The van der Waals surface area contributed by atoms with Crippen LogP contribution in [0, 0.1) is 0 Å². The number of hydrazone groups is 1. The average Bonchev–Trinajstić information content (AvgIpc) is 3.27. The molecule has 1 amide bonds. The van der Waals surface area contributed by atoms with E-state index >= 15 is 0 Å². The molecule has 1 aromatic heterocycles. The number of allylic oxidation sites excluding steroid dienone is 1. The number of carbonyl (C=O) groups is 1. The van der Waals surface area contributed by atoms with E-state index in [-0.39, 0.29) is 12.5 Å². The van der Waals surface area contributed by atoms with Gasteiger partial charge in [0, 0.05) is 6.54 Å². The number of benzene rings is 3. The lowest BCUT2D eigenvalue weighted by atomic mass is 10.0. The molecule has 1 N–H and O–H groups in total. The molecule has 0 aliphatic rings. The van der Waals surface area contributed by atoms with Gasteiger partial charge in [0.05, 0.1) is 11.0 Å². The van der Waals surface area contributed by atoms with Crippen molar-refractivity contribution in [2.75, 3.05) is 0 Å². The fourth-order valence-corrected chi connectivity index (χ4v) is 4.28. The van der Waals surface area contributed by atoms with Crippen molar-refractivity contribution in [1.29, 1.82) is 0 Å². The third kappa shape index (κ3) is 6.16. The number of thioether (sulfide) groups is 1. The molecular weight excluding hydrogens is 458 g/mol. The van der Waals surface area contributed by atoms with Crippen LogP contribution in [-0.2, 0) is 17.9 Å². The van der Waals surface area contributed by atoms with E-state index in [0.29, 0.717) is 17.5 Å². The lowest BCUT2D eigenvalue weighted by molar-refractivity contribution is -0.120. The van der Waals surface area contributed by atoms with Crippen molar-refractivity contribution in [3.63, 3.8) is 0 Å². The van der Waals surface area contributed by atoms with E-state index in [1.54, 1.807) is 6.08 Å². The summed E-state index contributed by atoms with van der Waals surface area (Å²) < 4.78 is 7.71. The summed E-state index contributed by atoms with van der Waals surface area (Å²) in [5.41, 5.74) is 4.37. The summed E-state index contributed by atoms with van der Waals surface area (Å²) in [7, 11) is 0. The van der Waals surface area contributed by atoms with E-state index < -0.39 is 5.25 Å². The monoisotopic (exact) mass is 485 g/mol. The summed E-state index contributed by atoms with van der Waals surface area (Å²) in [6, 6.07) is 23.8. The number of ether oxygens (including phenoxy) is 1. The van der Waals surface area contributed by atoms with Gasteiger partial charge in [0.2, 0.25) is 0 Å². The molecule has 1 heterocycles. The van der Waals surface area contributed by atoms with Crippen LogP contribution >= 0.6 is 11.8 Å². The van der Waals surface area contributed by atoms with Gasteiger partial charge < -0.3 is 4.74 Å². The van der Waals surface area contributed by atoms with Crippen LogP contribution in [-0.4, -0.2) is 31.6 Å². The van der Waals surface area contributed by atoms with Gasteiger partial charge in [0.1, 0.15) is 12.4 Å². The van der Waals surface area contributed by atoms with Crippen molar-refractivity contribution < 1.29 is 9.53 Å². The number of aromatic nitrogens is 3. The molecule has 178 valence electrons. The molecule has 0 saturated heterocycles. The van der Waals surface area contributed by atoms with Crippen LogP contribution in [0.25, 0.3) is 10.8 Å². The first-order chi connectivity index (χ1) is 17.0. The number of carbonyl (C=O) groups excluding carboxylic acids is 1. The highest BCUT2D eigenvalue weighted by molar-refractivity contribution is 8.00. The zero-order valence-corrected chi connectivity index (χ0v) is 20.5. The zero-order chi connectivity index (χ0) is 24.6. The van der Waals surface area contributed by atoms with Crippen molar-refractivity contribution in [2.45, 2.75) is 37.4 Å². The fourth-order valence-electron chi connectivity index (χ4n) is 3.41. The maximum atomic E-state index is 12.7. The topological polar surface area (TPSA) is 81.4 Å². The molecule has 0 aliphatic carbocycles. The van der Waals surface area contributed by atoms with Crippen molar-refractivity contribution >= 4 is 34.2 Å². The summed E-state index contributed by atoms with van der Waals surface area (Å²) in [4.78, 5) is 12.7. The second-order valence-corrected chi connectivity index (χ2v) is 9.20. The van der Waals surface area contributed by atoms with E-state index in [1.165, 1.54) is 11.8 Å². The molecule has 0 aliphatic heterocycles. The Bertz CT molecular complexity index is 1350. The second-order valence-electron chi connectivity index (χ2n) is 7.90. The lowest BCUT2D eigenvalue weighted by Crippen LogP contribution is -2.28. The van der Waals surface area contributed by atoms with Gasteiger partial charge in [-0.1, -0.05) is 72.4 Å². The SMILES string of the molecule is C=CCn1c(COc2ccccc2)nnc1S[C@H](C)C(=O)N/N=C(/C)c1ccc2ccccc2c1. The van der Waals surface area contributed by atoms with E-state index in [0.717, 1.165) is 27.8 Å².